The van der Waals surface area contributed by atoms with Gasteiger partial charge in [0.1, 0.15) is 5.82 Å². The highest BCUT2D eigenvalue weighted by Crippen LogP contribution is 2.22. The average molecular weight is 365 g/mol. The van der Waals surface area contributed by atoms with Crippen molar-refractivity contribution < 1.29 is 17.6 Å². The van der Waals surface area contributed by atoms with E-state index in [0.717, 1.165) is 25.0 Å². The molecule has 0 unspecified atom stereocenters. The molecule has 2 rings (SSSR count). The highest BCUT2D eigenvalue weighted by molar-refractivity contribution is 9.10. The topological polar surface area (TPSA) is 75.3 Å². The second-order valence-electron chi connectivity index (χ2n) is 4.56. The Balaban J connectivity index is 1.91. The molecule has 0 aliphatic heterocycles. The zero-order valence-corrected chi connectivity index (χ0v) is 12.9. The Bertz CT molecular complexity index is 617. The summed E-state index contributed by atoms with van der Waals surface area (Å²) in [6.45, 7) is 0.00467. The molecule has 0 bridgehead atoms. The summed E-state index contributed by atoms with van der Waals surface area (Å²) >= 11 is 3.01. The Hall–Kier alpha value is -0.990. The number of amides is 1. The van der Waals surface area contributed by atoms with Gasteiger partial charge in [0.2, 0.25) is 15.9 Å². The maximum absolute atomic E-state index is 12.9. The summed E-state index contributed by atoms with van der Waals surface area (Å²) in [6.07, 6.45) is 2.05. The van der Waals surface area contributed by atoms with Gasteiger partial charge in [-0.2, -0.15) is 0 Å². The molecule has 0 radical (unpaired) electrons. The molecule has 1 aromatic rings. The lowest BCUT2D eigenvalue weighted by atomic mass is 10.3. The van der Waals surface area contributed by atoms with Crippen LogP contribution in [0.4, 0.5) is 4.39 Å². The second-order valence-corrected chi connectivity index (χ2v) is 7.15. The number of hydrogen-bond acceptors (Lipinski definition) is 3. The lowest BCUT2D eigenvalue weighted by molar-refractivity contribution is -0.121. The molecule has 2 N–H and O–H groups in total. The zero-order chi connectivity index (χ0) is 14.8. The third kappa shape index (κ3) is 4.26. The predicted octanol–water partition coefficient (Wildman–Crippen LogP) is 1.54. The zero-order valence-electron chi connectivity index (χ0n) is 10.5. The van der Waals surface area contributed by atoms with Gasteiger partial charge in [0.05, 0.1) is 4.90 Å². The fourth-order valence-electron chi connectivity index (χ4n) is 1.60. The van der Waals surface area contributed by atoms with Gasteiger partial charge in [0.25, 0.3) is 0 Å². The Kier molecular flexibility index (Phi) is 4.77. The van der Waals surface area contributed by atoms with Crippen molar-refractivity contribution in [2.45, 2.75) is 30.2 Å². The van der Waals surface area contributed by atoms with Gasteiger partial charge in [-0.1, -0.05) is 0 Å². The molecule has 1 aliphatic carbocycles. The van der Waals surface area contributed by atoms with Gasteiger partial charge < -0.3 is 5.32 Å². The number of hydrogen-bond donors (Lipinski definition) is 2. The van der Waals surface area contributed by atoms with E-state index in [1.54, 1.807) is 0 Å². The number of benzene rings is 1. The van der Waals surface area contributed by atoms with Crippen LogP contribution in [-0.4, -0.2) is 26.9 Å². The molecule has 1 aromatic carbocycles. The van der Waals surface area contributed by atoms with Crippen LogP contribution in [0.5, 0.6) is 0 Å². The van der Waals surface area contributed by atoms with Crippen LogP contribution in [0.25, 0.3) is 0 Å². The van der Waals surface area contributed by atoms with Crippen molar-refractivity contribution in [1.82, 2.24) is 10.0 Å². The smallest absolute Gasteiger partial charge is 0.241 e. The van der Waals surface area contributed by atoms with Crippen molar-refractivity contribution in [2.75, 3.05) is 6.54 Å². The molecule has 8 heteroatoms. The molecule has 0 atom stereocenters. The van der Waals surface area contributed by atoms with Gasteiger partial charge in [-0.15, -0.1) is 0 Å². The summed E-state index contributed by atoms with van der Waals surface area (Å²) in [5, 5.41) is 2.77. The Labute approximate surface area is 125 Å². The van der Waals surface area contributed by atoms with Crippen molar-refractivity contribution >= 4 is 31.9 Å². The number of carbonyl (C=O) groups excluding carboxylic acids is 1. The van der Waals surface area contributed by atoms with Crippen molar-refractivity contribution in [3.63, 3.8) is 0 Å². The summed E-state index contributed by atoms with van der Waals surface area (Å²) in [5.74, 6) is -0.701. The Morgan fingerprint density at radius 3 is 2.70 bits per heavy atom. The first-order valence-electron chi connectivity index (χ1n) is 6.12. The van der Waals surface area contributed by atoms with E-state index < -0.39 is 15.8 Å². The second kappa shape index (κ2) is 6.19. The molecule has 0 spiro atoms. The van der Waals surface area contributed by atoms with E-state index in [0.29, 0.717) is 0 Å². The molecule has 1 fully saturated rings. The Morgan fingerprint density at radius 2 is 2.10 bits per heavy atom. The van der Waals surface area contributed by atoms with Crippen LogP contribution in [0.15, 0.2) is 27.6 Å². The third-order valence-corrected chi connectivity index (χ3v) is 5.21. The third-order valence-electron chi connectivity index (χ3n) is 2.77. The minimum absolute atomic E-state index is 0.00467. The van der Waals surface area contributed by atoms with Crippen molar-refractivity contribution in [3.05, 3.63) is 28.5 Å². The standard InChI is InChI=1S/C12H14BrFN2O3S/c13-10-7-8(14)1-4-11(10)20(18,19)15-6-5-12(17)16-9-2-3-9/h1,4,7,9,15H,2-3,5-6H2,(H,16,17). The molecule has 0 heterocycles. The Morgan fingerprint density at radius 1 is 1.40 bits per heavy atom. The average Bonchev–Trinajstić information content (AvgIpc) is 3.11. The van der Waals surface area contributed by atoms with Crippen LogP contribution in [0.2, 0.25) is 0 Å². The molecule has 1 aliphatic rings. The molecule has 110 valence electrons. The molecular weight excluding hydrogens is 351 g/mol. The van der Waals surface area contributed by atoms with E-state index in [-0.39, 0.29) is 34.3 Å². The minimum Gasteiger partial charge on any atom is -0.353 e. The number of carbonyl (C=O) groups is 1. The van der Waals surface area contributed by atoms with Crippen molar-refractivity contribution in [3.8, 4) is 0 Å². The van der Waals surface area contributed by atoms with Crippen LogP contribution in [0.1, 0.15) is 19.3 Å². The number of nitrogens with one attached hydrogen (secondary N) is 2. The minimum atomic E-state index is -3.76. The van der Waals surface area contributed by atoms with Gasteiger partial charge in [0, 0.05) is 23.5 Å². The molecule has 1 amide bonds. The molecule has 0 saturated heterocycles. The van der Waals surface area contributed by atoms with E-state index >= 15 is 0 Å². The molecule has 20 heavy (non-hydrogen) atoms. The fraction of sp³-hybridized carbons (Fsp3) is 0.417. The monoisotopic (exact) mass is 364 g/mol. The maximum atomic E-state index is 12.9. The van der Waals surface area contributed by atoms with E-state index in [9.17, 15) is 17.6 Å². The number of halogens is 2. The van der Waals surface area contributed by atoms with Gasteiger partial charge in [-0.25, -0.2) is 17.5 Å². The van der Waals surface area contributed by atoms with Gasteiger partial charge in [0.15, 0.2) is 0 Å². The van der Waals surface area contributed by atoms with E-state index in [1.807, 2.05) is 0 Å². The summed E-state index contributed by atoms with van der Waals surface area (Å²) in [4.78, 5) is 11.4. The van der Waals surface area contributed by atoms with Crippen LogP contribution in [-0.2, 0) is 14.8 Å². The molecule has 5 nitrogen and oxygen atoms in total. The first-order valence-corrected chi connectivity index (χ1v) is 8.40. The summed E-state index contributed by atoms with van der Waals surface area (Å²) in [6, 6.07) is 3.57. The SMILES string of the molecule is O=C(CCNS(=O)(=O)c1ccc(F)cc1Br)NC1CC1. The summed E-state index contributed by atoms with van der Waals surface area (Å²) < 4.78 is 39.4. The first kappa shape index (κ1) is 15.4. The van der Waals surface area contributed by atoms with Gasteiger partial charge in [-0.05, 0) is 47.0 Å². The van der Waals surface area contributed by atoms with Crippen molar-refractivity contribution in [2.24, 2.45) is 0 Å². The van der Waals surface area contributed by atoms with E-state index in [2.05, 4.69) is 26.0 Å². The largest absolute Gasteiger partial charge is 0.353 e. The normalized spacial score (nSPS) is 15.1. The lowest BCUT2D eigenvalue weighted by Gasteiger charge is -2.08. The molecular formula is C12H14BrFN2O3S. The maximum Gasteiger partial charge on any atom is 0.241 e. The number of rotatable bonds is 6. The van der Waals surface area contributed by atoms with Crippen LogP contribution >= 0.6 is 15.9 Å². The van der Waals surface area contributed by atoms with Crippen LogP contribution in [0, 0.1) is 5.82 Å². The van der Waals surface area contributed by atoms with Crippen molar-refractivity contribution in [1.29, 1.82) is 0 Å². The molecule has 1 saturated carbocycles. The highest BCUT2D eigenvalue weighted by Gasteiger charge is 2.23. The first-order chi connectivity index (χ1) is 9.38. The highest BCUT2D eigenvalue weighted by atomic mass is 79.9. The lowest BCUT2D eigenvalue weighted by Crippen LogP contribution is -2.31. The predicted molar refractivity (Wildman–Crippen MR) is 75.1 cm³/mol. The van der Waals surface area contributed by atoms with Crippen LogP contribution < -0.4 is 10.0 Å². The molecule has 0 aromatic heterocycles. The summed E-state index contributed by atoms with van der Waals surface area (Å²) in [5.41, 5.74) is 0. The van der Waals surface area contributed by atoms with E-state index in [4.69, 9.17) is 0 Å². The van der Waals surface area contributed by atoms with Crippen LogP contribution in [0.3, 0.4) is 0 Å². The van der Waals surface area contributed by atoms with E-state index in [1.165, 1.54) is 6.07 Å². The van der Waals surface area contributed by atoms with Gasteiger partial charge >= 0.3 is 0 Å². The summed E-state index contributed by atoms with van der Waals surface area (Å²) in [7, 11) is -3.76. The fourth-order valence-corrected chi connectivity index (χ4v) is 3.68. The van der Waals surface area contributed by atoms with Gasteiger partial charge in [-0.3, -0.25) is 4.79 Å². The number of sulfonamides is 1. The quantitative estimate of drug-likeness (QED) is 0.803.